The summed E-state index contributed by atoms with van der Waals surface area (Å²) in [5.41, 5.74) is 5.79. The van der Waals surface area contributed by atoms with E-state index in [2.05, 4.69) is 83.3 Å². The van der Waals surface area contributed by atoms with Crippen molar-refractivity contribution >= 4 is 21.6 Å². The molecule has 170 valence electrons. The van der Waals surface area contributed by atoms with Crippen LogP contribution in [0.5, 0.6) is 11.5 Å². The van der Waals surface area contributed by atoms with Crippen LogP contribution in [0.3, 0.4) is 0 Å². The van der Waals surface area contributed by atoms with Crippen molar-refractivity contribution in [2.24, 2.45) is 5.10 Å². The van der Waals surface area contributed by atoms with Crippen molar-refractivity contribution in [2.45, 2.75) is 58.4 Å². The van der Waals surface area contributed by atoms with E-state index in [9.17, 15) is 0 Å². The molecular formula is C28H29BrN2O2. The van der Waals surface area contributed by atoms with Crippen LogP contribution in [-0.2, 0) is 0 Å². The largest absolute Gasteiger partial charge is 0.491 e. The molecule has 2 heterocycles. The summed E-state index contributed by atoms with van der Waals surface area (Å²) in [6.07, 6.45) is 0.729. The first kappa shape index (κ1) is 22.0. The zero-order chi connectivity index (χ0) is 23.1. The number of fused-ring (bicyclic) bond motifs is 3. The van der Waals surface area contributed by atoms with Gasteiger partial charge < -0.3 is 9.47 Å². The Morgan fingerprint density at radius 2 is 1.70 bits per heavy atom. The molecule has 0 amide bonds. The van der Waals surface area contributed by atoms with Gasteiger partial charge in [0.25, 0.3) is 0 Å². The number of halogens is 1. The van der Waals surface area contributed by atoms with E-state index in [-0.39, 0.29) is 18.4 Å². The summed E-state index contributed by atoms with van der Waals surface area (Å²) in [5, 5.41) is 7.22. The van der Waals surface area contributed by atoms with Crippen molar-refractivity contribution in [2.75, 3.05) is 0 Å². The maximum absolute atomic E-state index is 6.51. The summed E-state index contributed by atoms with van der Waals surface area (Å²) in [6, 6.07) is 23.4. The maximum Gasteiger partial charge on any atom is 0.213 e. The molecule has 0 aromatic heterocycles. The molecule has 0 spiro atoms. The average Bonchev–Trinajstić information content (AvgIpc) is 3.25. The monoisotopic (exact) mass is 504 g/mol. The van der Waals surface area contributed by atoms with Crippen LogP contribution in [0.2, 0.25) is 0 Å². The second-order valence-electron chi connectivity index (χ2n) is 9.31. The fraction of sp³-hybridized carbons (Fsp3) is 0.321. The molecule has 3 aromatic rings. The molecule has 5 rings (SSSR count). The molecule has 4 nitrogen and oxygen atoms in total. The van der Waals surface area contributed by atoms with Gasteiger partial charge in [-0.25, -0.2) is 5.01 Å². The van der Waals surface area contributed by atoms with Gasteiger partial charge in [0.2, 0.25) is 6.23 Å². The summed E-state index contributed by atoms with van der Waals surface area (Å²) < 4.78 is 13.4. The minimum atomic E-state index is -0.258. The summed E-state index contributed by atoms with van der Waals surface area (Å²) >= 11 is 3.63. The lowest BCUT2D eigenvalue weighted by molar-refractivity contribution is -0.0190. The van der Waals surface area contributed by atoms with Crippen molar-refractivity contribution in [1.82, 2.24) is 5.01 Å². The summed E-state index contributed by atoms with van der Waals surface area (Å²) in [4.78, 5) is 0. The Morgan fingerprint density at radius 1 is 0.970 bits per heavy atom. The third-order valence-corrected chi connectivity index (χ3v) is 6.69. The molecule has 2 atom stereocenters. The molecular weight excluding hydrogens is 476 g/mol. The molecule has 0 saturated carbocycles. The number of hydrogen-bond donors (Lipinski definition) is 0. The van der Waals surface area contributed by atoms with Crippen LogP contribution in [0, 0.1) is 0 Å². The SMILES string of the molecule is CC(C)Oc1ccc(C2=NN3[C@H](C2)c2cc(Br)ccc2O[C@H]3c2ccc(C(C)C)cc2)cc1. The van der Waals surface area contributed by atoms with E-state index >= 15 is 0 Å². The fourth-order valence-corrected chi connectivity index (χ4v) is 4.87. The summed E-state index contributed by atoms with van der Waals surface area (Å²) in [6.45, 7) is 8.50. The van der Waals surface area contributed by atoms with E-state index in [4.69, 9.17) is 14.6 Å². The Kier molecular flexibility index (Phi) is 5.92. The molecule has 33 heavy (non-hydrogen) atoms. The normalized spacial score (nSPS) is 19.2. The Hall–Kier alpha value is -2.79. The highest BCUT2D eigenvalue weighted by molar-refractivity contribution is 9.10. The first-order chi connectivity index (χ1) is 15.9. The van der Waals surface area contributed by atoms with Gasteiger partial charge in [-0.2, -0.15) is 5.10 Å². The molecule has 0 fully saturated rings. The topological polar surface area (TPSA) is 34.1 Å². The first-order valence-corrected chi connectivity index (χ1v) is 12.4. The number of hydrazone groups is 1. The number of rotatable bonds is 5. The highest BCUT2D eigenvalue weighted by atomic mass is 79.9. The Bertz CT molecular complexity index is 1170. The number of benzene rings is 3. The van der Waals surface area contributed by atoms with Gasteiger partial charge in [-0.3, -0.25) is 0 Å². The standard InChI is InChI=1S/C28H29BrN2O2/c1-17(2)19-5-7-21(8-6-19)28-31-26(24-15-22(29)11-14-27(24)33-28)16-25(30-31)20-9-12-23(13-10-20)32-18(3)4/h5-15,17-18,26,28H,16H2,1-4H3/t26-,28+/m1/s1. The lowest BCUT2D eigenvalue weighted by Gasteiger charge is -2.38. The van der Waals surface area contributed by atoms with E-state index < -0.39 is 0 Å². The molecule has 0 aliphatic carbocycles. The lowest BCUT2D eigenvalue weighted by Crippen LogP contribution is -2.33. The highest BCUT2D eigenvalue weighted by Crippen LogP contribution is 2.48. The zero-order valence-corrected chi connectivity index (χ0v) is 21.0. The summed E-state index contributed by atoms with van der Waals surface area (Å²) in [7, 11) is 0. The van der Waals surface area contributed by atoms with Crippen LogP contribution in [0.25, 0.3) is 0 Å². The number of nitrogens with zero attached hydrogens (tertiary/aromatic N) is 2. The highest BCUT2D eigenvalue weighted by Gasteiger charge is 2.41. The second kappa shape index (κ2) is 8.86. The summed E-state index contributed by atoms with van der Waals surface area (Å²) in [5.74, 6) is 2.30. The zero-order valence-electron chi connectivity index (χ0n) is 19.5. The van der Waals surface area contributed by atoms with Crippen LogP contribution in [-0.4, -0.2) is 16.8 Å². The van der Waals surface area contributed by atoms with Crippen LogP contribution in [0.15, 0.2) is 76.3 Å². The van der Waals surface area contributed by atoms with Gasteiger partial charge in [0.1, 0.15) is 11.5 Å². The van der Waals surface area contributed by atoms with Gasteiger partial charge in [0.05, 0.1) is 17.9 Å². The van der Waals surface area contributed by atoms with E-state index in [0.717, 1.165) is 44.8 Å². The lowest BCUT2D eigenvalue weighted by atomic mass is 9.95. The van der Waals surface area contributed by atoms with Gasteiger partial charge in [-0.1, -0.05) is 54.0 Å². The van der Waals surface area contributed by atoms with Crippen LogP contribution >= 0.6 is 15.9 Å². The first-order valence-electron chi connectivity index (χ1n) is 11.6. The van der Waals surface area contributed by atoms with Crippen LogP contribution in [0.1, 0.15) is 74.6 Å². The Labute approximate surface area is 204 Å². The van der Waals surface area contributed by atoms with Crippen molar-refractivity contribution in [3.05, 3.63) is 93.5 Å². The van der Waals surface area contributed by atoms with Gasteiger partial charge in [0, 0.05) is 22.0 Å². The van der Waals surface area contributed by atoms with E-state index in [0.29, 0.717) is 5.92 Å². The minimum Gasteiger partial charge on any atom is -0.491 e. The maximum atomic E-state index is 6.51. The molecule has 5 heteroatoms. The molecule has 2 aliphatic rings. The van der Waals surface area contributed by atoms with E-state index in [1.165, 1.54) is 5.56 Å². The van der Waals surface area contributed by atoms with Crippen LogP contribution in [0.4, 0.5) is 0 Å². The Morgan fingerprint density at radius 3 is 2.36 bits per heavy atom. The van der Waals surface area contributed by atoms with Crippen molar-refractivity contribution in [3.8, 4) is 11.5 Å². The quantitative estimate of drug-likeness (QED) is 0.358. The molecule has 0 radical (unpaired) electrons. The Balaban J connectivity index is 1.50. The fourth-order valence-electron chi connectivity index (χ4n) is 4.50. The van der Waals surface area contributed by atoms with E-state index in [1.54, 1.807) is 0 Å². The van der Waals surface area contributed by atoms with Gasteiger partial charge in [0.15, 0.2) is 0 Å². The number of ether oxygens (including phenoxy) is 2. The minimum absolute atomic E-state index is 0.127. The molecule has 0 N–H and O–H groups in total. The predicted molar refractivity (Wildman–Crippen MR) is 136 cm³/mol. The molecule has 0 unspecified atom stereocenters. The van der Waals surface area contributed by atoms with Gasteiger partial charge in [-0.05, 0) is 73.4 Å². The average molecular weight is 505 g/mol. The third kappa shape index (κ3) is 4.39. The molecule has 2 aliphatic heterocycles. The second-order valence-corrected chi connectivity index (χ2v) is 10.2. The van der Waals surface area contributed by atoms with E-state index in [1.807, 2.05) is 32.0 Å². The van der Waals surface area contributed by atoms with Gasteiger partial charge in [-0.15, -0.1) is 0 Å². The molecule has 3 aromatic carbocycles. The van der Waals surface area contributed by atoms with Crippen molar-refractivity contribution < 1.29 is 9.47 Å². The number of hydrogen-bond acceptors (Lipinski definition) is 4. The van der Waals surface area contributed by atoms with Crippen molar-refractivity contribution in [1.29, 1.82) is 0 Å². The molecule has 0 saturated heterocycles. The van der Waals surface area contributed by atoms with Gasteiger partial charge >= 0.3 is 0 Å². The molecule has 0 bridgehead atoms. The van der Waals surface area contributed by atoms with Crippen molar-refractivity contribution in [3.63, 3.8) is 0 Å². The van der Waals surface area contributed by atoms with Crippen LogP contribution < -0.4 is 9.47 Å². The predicted octanol–water partition coefficient (Wildman–Crippen LogP) is 7.60. The smallest absolute Gasteiger partial charge is 0.213 e. The third-order valence-electron chi connectivity index (χ3n) is 6.20.